The van der Waals surface area contributed by atoms with Gasteiger partial charge in [-0.3, -0.25) is 4.79 Å². The third kappa shape index (κ3) is 5.04. The first-order chi connectivity index (χ1) is 13.4. The Hall–Kier alpha value is -2.54. The van der Waals surface area contributed by atoms with Gasteiger partial charge in [-0.2, -0.15) is 13.2 Å². The Kier molecular flexibility index (Phi) is 6.24. The summed E-state index contributed by atoms with van der Waals surface area (Å²) in [6.07, 6.45) is -2.85. The molecule has 1 atom stereocenters. The second kappa shape index (κ2) is 8.65. The van der Waals surface area contributed by atoms with Crippen molar-refractivity contribution in [2.24, 2.45) is 0 Å². The Bertz CT molecular complexity index is 788. The van der Waals surface area contributed by atoms with Gasteiger partial charge in [0, 0.05) is 18.7 Å². The van der Waals surface area contributed by atoms with E-state index in [4.69, 9.17) is 9.47 Å². The maximum atomic E-state index is 12.7. The Labute approximate surface area is 161 Å². The van der Waals surface area contributed by atoms with Crippen molar-refractivity contribution in [3.63, 3.8) is 0 Å². The molecular formula is C21H22F3NO3. The van der Waals surface area contributed by atoms with Gasteiger partial charge in [0.2, 0.25) is 0 Å². The molecule has 7 heteroatoms. The number of rotatable bonds is 5. The molecule has 0 radical (unpaired) electrons. The third-order valence-corrected chi connectivity index (χ3v) is 4.77. The molecule has 0 unspecified atom stereocenters. The van der Waals surface area contributed by atoms with Gasteiger partial charge in [0.05, 0.1) is 25.4 Å². The number of halogens is 3. The van der Waals surface area contributed by atoms with E-state index in [1.807, 2.05) is 0 Å². The summed E-state index contributed by atoms with van der Waals surface area (Å²) in [7, 11) is 1.57. The molecule has 1 aliphatic heterocycles. The van der Waals surface area contributed by atoms with E-state index < -0.39 is 11.7 Å². The number of methoxy groups -OCH3 is 1. The van der Waals surface area contributed by atoms with E-state index in [-0.39, 0.29) is 18.6 Å². The molecule has 0 bridgehead atoms. The zero-order valence-electron chi connectivity index (χ0n) is 15.5. The number of benzene rings is 2. The quantitative estimate of drug-likeness (QED) is 0.749. The van der Waals surface area contributed by atoms with Gasteiger partial charge in [-0.05, 0) is 54.8 Å². The number of piperidine rings is 1. The van der Waals surface area contributed by atoms with Crippen molar-refractivity contribution in [1.29, 1.82) is 0 Å². The van der Waals surface area contributed by atoms with E-state index in [1.165, 1.54) is 12.1 Å². The zero-order valence-corrected chi connectivity index (χ0v) is 15.5. The summed E-state index contributed by atoms with van der Waals surface area (Å²) in [4.78, 5) is 14.4. The minimum absolute atomic E-state index is 0.0644. The highest BCUT2D eigenvalue weighted by Crippen LogP contribution is 2.29. The van der Waals surface area contributed by atoms with E-state index >= 15 is 0 Å². The Morgan fingerprint density at radius 1 is 1.11 bits per heavy atom. The van der Waals surface area contributed by atoms with Crippen molar-refractivity contribution >= 4 is 5.91 Å². The maximum Gasteiger partial charge on any atom is 0.416 e. The molecule has 0 saturated carbocycles. The van der Waals surface area contributed by atoms with E-state index in [2.05, 4.69) is 0 Å². The second-order valence-corrected chi connectivity index (χ2v) is 6.75. The summed E-state index contributed by atoms with van der Waals surface area (Å²) in [5.74, 6) is 0.624. The molecule has 2 aromatic rings. The zero-order chi connectivity index (χ0) is 20.1. The molecule has 1 amide bonds. The summed E-state index contributed by atoms with van der Waals surface area (Å²) in [6, 6.07) is 11.9. The molecule has 1 fully saturated rings. The Morgan fingerprint density at radius 3 is 2.39 bits per heavy atom. The lowest BCUT2D eigenvalue weighted by Crippen LogP contribution is -2.43. The smallest absolute Gasteiger partial charge is 0.416 e. The van der Waals surface area contributed by atoms with Crippen LogP contribution in [0.1, 0.15) is 34.3 Å². The standard InChI is InChI=1S/C21H22F3NO3/c1-27-18-10-6-16(7-11-18)20(26)25-12-2-3-19(13-25)28-14-15-4-8-17(9-5-15)21(22,23)24/h4-11,19H,2-3,12-14H2,1H3/t19-/m1/s1. The van der Waals surface area contributed by atoms with Crippen LogP contribution < -0.4 is 4.74 Å². The number of nitrogens with zero attached hydrogens (tertiary/aromatic N) is 1. The summed E-state index contributed by atoms with van der Waals surface area (Å²) in [6.45, 7) is 1.34. The number of hydrogen-bond donors (Lipinski definition) is 0. The molecule has 1 aliphatic rings. The molecule has 0 spiro atoms. The Morgan fingerprint density at radius 2 is 1.79 bits per heavy atom. The molecule has 0 N–H and O–H groups in total. The second-order valence-electron chi connectivity index (χ2n) is 6.75. The van der Waals surface area contributed by atoms with Crippen LogP contribution in [0.3, 0.4) is 0 Å². The molecular weight excluding hydrogens is 371 g/mol. The fourth-order valence-electron chi connectivity index (χ4n) is 3.18. The Balaban J connectivity index is 1.55. The van der Waals surface area contributed by atoms with Gasteiger partial charge in [-0.25, -0.2) is 0 Å². The van der Waals surface area contributed by atoms with Gasteiger partial charge in [-0.15, -0.1) is 0 Å². The number of carbonyl (C=O) groups is 1. The van der Waals surface area contributed by atoms with Crippen LogP contribution in [0.15, 0.2) is 48.5 Å². The van der Waals surface area contributed by atoms with Gasteiger partial charge in [0.25, 0.3) is 5.91 Å². The minimum atomic E-state index is -4.34. The van der Waals surface area contributed by atoms with Crippen molar-refractivity contribution in [2.75, 3.05) is 20.2 Å². The summed E-state index contributed by atoms with van der Waals surface area (Å²) >= 11 is 0. The van der Waals surface area contributed by atoms with Crippen LogP contribution in [0.4, 0.5) is 13.2 Å². The number of amides is 1. The van der Waals surface area contributed by atoms with Crippen LogP contribution in [0.25, 0.3) is 0 Å². The maximum absolute atomic E-state index is 12.7. The number of hydrogen-bond acceptors (Lipinski definition) is 3. The van der Waals surface area contributed by atoms with Crippen LogP contribution in [0, 0.1) is 0 Å². The van der Waals surface area contributed by atoms with Crippen molar-refractivity contribution in [3.8, 4) is 5.75 Å². The third-order valence-electron chi connectivity index (χ3n) is 4.77. The van der Waals surface area contributed by atoms with E-state index in [0.29, 0.717) is 30.0 Å². The summed E-state index contributed by atoms with van der Waals surface area (Å²) < 4.78 is 48.8. The van der Waals surface area contributed by atoms with E-state index in [9.17, 15) is 18.0 Å². The molecule has 0 aromatic heterocycles. The van der Waals surface area contributed by atoms with Gasteiger partial charge in [0.15, 0.2) is 0 Å². The fourth-order valence-corrected chi connectivity index (χ4v) is 3.18. The monoisotopic (exact) mass is 393 g/mol. The van der Waals surface area contributed by atoms with Gasteiger partial charge < -0.3 is 14.4 Å². The first-order valence-corrected chi connectivity index (χ1v) is 9.08. The highest BCUT2D eigenvalue weighted by molar-refractivity contribution is 5.94. The molecule has 0 aliphatic carbocycles. The molecule has 2 aromatic carbocycles. The van der Waals surface area contributed by atoms with Crippen LogP contribution in [0.5, 0.6) is 5.75 Å². The van der Waals surface area contributed by atoms with Gasteiger partial charge >= 0.3 is 6.18 Å². The topological polar surface area (TPSA) is 38.8 Å². The van der Waals surface area contributed by atoms with Crippen molar-refractivity contribution in [1.82, 2.24) is 4.90 Å². The molecule has 3 rings (SSSR count). The highest BCUT2D eigenvalue weighted by atomic mass is 19.4. The van der Waals surface area contributed by atoms with Crippen molar-refractivity contribution in [2.45, 2.75) is 31.7 Å². The average Bonchev–Trinajstić information content (AvgIpc) is 2.71. The normalized spacial score (nSPS) is 17.4. The van der Waals surface area contributed by atoms with E-state index in [0.717, 1.165) is 25.0 Å². The SMILES string of the molecule is COc1ccc(C(=O)N2CCC[C@@H](OCc3ccc(C(F)(F)F)cc3)C2)cc1. The fraction of sp³-hybridized carbons (Fsp3) is 0.381. The van der Waals surface area contributed by atoms with Crippen LogP contribution in [-0.2, 0) is 17.5 Å². The molecule has 1 saturated heterocycles. The first kappa shape index (κ1) is 20.2. The van der Waals surface area contributed by atoms with Crippen LogP contribution in [-0.4, -0.2) is 37.1 Å². The number of carbonyl (C=O) groups excluding carboxylic acids is 1. The molecule has 28 heavy (non-hydrogen) atoms. The van der Waals surface area contributed by atoms with Gasteiger partial charge in [0.1, 0.15) is 5.75 Å². The van der Waals surface area contributed by atoms with Crippen LogP contribution >= 0.6 is 0 Å². The predicted molar refractivity (Wildman–Crippen MR) is 98.2 cm³/mol. The highest BCUT2D eigenvalue weighted by Gasteiger charge is 2.30. The van der Waals surface area contributed by atoms with Crippen molar-refractivity contribution < 1.29 is 27.4 Å². The lowest BCUT2D eigenvalue weighted by atomic mass is 10.1. The van der Waals surface area contributed by atoms with Crippen LogP contribution in [0.2, 0.25) is 0 Å². The van der Waals surface area contributed by atoms with E-state index in [1.54, 1.807) is 36.3 Å². The predicted octanol–water partition coefficient (Wildman–Crippen LogP) is 4.54. The lowest BCUT2D eigenvalue weighted by Gasteiger charge is -2.32. The van der Waals surface area contributed by atoms with Gasteiger partial charge in [-0.1, -0.05) is 12.1 Å². The molecule has 4 nitrogen and oxygen atoms in total. The lowest BCUT2D eigenvalue weighted by molar-refractivity contribution is -0.137. The largest absolute Gasteiger partial charge is 0.497 e. The summed E-state index contributed by atoms with van der Waals surface area (Å²) in [5, 5.41) is 0. The van der Waals surface area contributed by atoms with Crippen molar-refractivity contribution in [3.05, 3.63) is 65.2 Å². The minimum Gasteiger partial charge on any atom is -0.497 e. The number of ether oxygens (including phenoxy) is 2. The molecule has 1 heterocycles. The number of alkyl halides is 3. The number of likely N-dealkylation sites (tertiary alicyclic amines) is 1. The first-order valence-electron chi connectivity index (χ1n) is 9.08. The molecule has 150 valence electrons. The summed E-state index contributed by atoms with van der Waals surface area (Å²) in [5.41, 5.74) is 0.584. The average molecular weight is 393 g/mol.